The Hall–Kier alpha value is -0.380. The Morgan fingerprint density at radius 1 is 1.62 bits per heavy atom. The number of aliphatic hydroxyl groups is 1. The van der Waals surface area contributed by atoms with Gasteiger partial charge in [-0.15, -0.1) is 0 Å². The van der Waals surface area contributed by atoms with Crippen molar-refractivity contribution in [3.05, 3.63) is 22.4 Å². The van der Waals surface area contributed by atoms with E-state index in [4.69, 9.17) is 4.74 Å². The first kappa shape index (κ1) is 12.1. The molecule has 2 heterocycles. The fourth-order valence-electron chi connectivity index (χ4n) is 2.49. The van der Waals surface area contributed by atoms with Gasteiger partial charge in [0.2, 0.25) is 0 Å². The molecule has 0 aromatic carbocycles. The Morgan fingerprint density at radius 2 is 2.50 bits per heavy atom. The first-order valence-corrected chi connectivity index (χ1v) is 7.06. The molecule has 0 spiro atoms. The molecule has 2 nitrogen and oxygen atoms in total. The molecule has 1 aromatic rings. The van der Waals surface area contributed by atoms with E-state index >= 15 is 0 Å². The first-order valence-electron chi connectivity index (χ1n) is 6.12. The van der Waals surface area contributed by atoms with Gasteiger partial charge in [-0.2, -0.15) is 11.3 Å². The molecule has 0 radical (unpaired) electrons. The van der Waals surface area contributed by atoms with Crippen LogP contribution in [-0.4, -0.2) is 23.9 Å². The summed E-state index contributed by atoms with van der Waals surface area (Å²) >= 11 is 1.72. The summed E-state index contributed by atoms with van der Waals surface area (Å²) < 4.78 is 5.61. The minimum absolute atomic E-state index is 0.202. The van der Waals surface area contributed by atoms with Crippen molar-refractivity contribution in [1.29, 1.82) is 0 Å². The molecule has 1 aromatic heterocycles. The van der Waals surface area contributed by atoms with Crippen LogP contribution in [0, 0.1) is 5.92 Å². The summed E-state index contributed by atoms with van der Waals surface area (Å²) in [6.45, 7) is 2.95. The molecule has 2 rings (SSSR count). The molecule has 3 heteroatoms. The van der Waals surface area contributed by atoms with Crippen molar-refractivity contribution in [2.75, 3.05) is 6.61 Å². The molecule has 0 saturated carbocycles. The van der Waals surface area contributed by atoms with Crippen LogP contribution in [0.2, 0.25) is 0 Å². The summed E-state index contributed by atoms with van der Waals surface area (Å²) in [5.41, 5.74) is 1.34. The second-order valence-electron chi connectivity index (χ2n) is 4.51. The van der Waals surface area contributed by atoms with Crippen molar-refractivity contribution in [3.8, 4) is 0 Å². The number of aryl methyl sites for hydroxylation is 1. The van der Waals surface area contributed by atoms with Crippen LogP contribution in [0.5, 0.6) is 0 Å². The van der Waals surface area contributed by atoms with E-state index in [0.717, 1.165) is 32.3 Å². The van der Waals surface area contributed by atoms with E-state index < -0.39 is 0 Å². The number of rotatable bonds is 5. The predicted octanol–water partition coefficient (Wildman–Crippen LogP) is 2.86. The number of ether oxygens (including phenoxy) is 1. The fraction of sp³-hybridized carbons (Fsp3) is 0.692. The Balaban J connectivity index is 1.81. The highest BCUT2D eigenvalue weighted by atomic mass is 32.1. The highest BCUT2D eigenvalue weighted by molar-refractivity contribution is 7.07. The van der Waals surface area contributed by atoms with Crippen LogP contribution in [-0.2, 0) is 11.2 Å². The van der Waals surface area contributed by atoms with Gasteiger partial charge in [0, 0.05) is 12.5 Å². The van der Waals surface area contributed by atoms with Crippen molar-refractivity contribution in [2.24, 2.45) is 5.92 Å². The number of hydrogen-bond acceptors (Lipinski definition) is 3. The molecule has 1 N–H and O–H groups in total. The normalized spacial score (nSPS) is 27.1. The predicted molar refractivity (Wildman–Crippen MR) is 66.8 cm³/mol. The van der Waals surface area contributed by atoms with E-state index in [9.17, 15) is 5.11 Å². The van der Waals surface area contributed by atoms with Gasteiger partial charge in [-0.3, -0.25) is 0 Å². The average Bonchev–Trinajstić information content (AvgIpc) is 2.96. The highest BCUT2D eigenvalue weighted by Crippen LogP contribution is 2.28. The van der Waals surface area contributed by atoms with Crippen LogP contribution in [0.25, 0.3) is 0 Å². The maximum atomic E-state index is 10.2. The molecule has 1 aliphatic heterocycles. The molecule has 0 bridgehead atoms. The molecule has 90 valence electrons. The van der Waals surface area contributed by atoms with Crippen LogP contribution < -0.4 is 0 Å². The Morgan fingerprint density at radius 3 is 3.19 bits per heavy atom. The molecule has 1 saturated heterocycles. The molecular formula is C13H20O2S. The molecule has 3 atom stereocenters. The van der Waals surface area contributed by atoms with Crippen LogP contribution in [0.1, 0.15) is 31.7 Å². The van der Waals surface area contributed by atoms with Crippen molar-refractivity contribution in [1.82, 2.24) is 0 Å². The molecule has 3 unspecified atom stereocenters. The largest absolute Gasteiger partial charge is 0.393 e. The zero-order valence-corrected chi connectivity index (χ0v) is 10.6. The summed E-state index contributed by atoms with van der Waals surface area (Å²) in [4.78, 5) is 0. The number of thiophene rings is 1. The monoisotopic (exact) mass is 240 g/mol. The summed E-state index contributed by atoms with van der Waals surface area (Å²) in [6, 6.07) is 2.14. The SMILES string of the molecule is CCC1OCCC1C(O)CCc1ccsc1. The minimum atomic E-state index is -0.202. The van der Waals surface area contributed by atoms with E-state index in [1.54, 1.807) is 11.3 Å². The van der Waals surface area contributed by atoms with Crippen LogP contribution >= 0.6 is 11.3 Å². The third-order valence-electron chi connectivity index (χ3n) is 3.47. The van der Waals surface area contributed by atoms with Gasteiger partial charge in [0.25, 0.3) is 0 Å². The molecule has 16 heavy (non-hydrogen) atoms. The zero-order chi connectivity index (χ0) is 11.4. The highest BCUT2D eigenvalue weighted by Gasteiger charge is 2.32. The van der Waals surface area contributed by atoms with E-state index in [0.29, 0.717) is 5.92 Å². The Bertz CT molecular complexity index is 297. The fourth-order valence-corrected chi connectivity index (χ4v) is 3.19. The van der Waals surface area contributed by atoms with Gasteiger partial charge in [-0.1, -0.05) is 6.92 Å². The lowest BCUT2D eigenvalue weighted by Crippen LogP contribution is -2.28. The number of hydrogen-bond donors (Lipinski definition) is 1. The van der Waals surface area contributed by atoms with Gasteiger partial charge < -0.3 is 9.84 Å². The van der Waals surface area contributed by atoms with Gasteiger partial charge >= 0.3 is 0 Å². The summed E-state index contributed by atoms with van der Waals surface area (Å²) in [6.07, 6.45) is 3.95. The summed E-state index contributed by atoms with van der Waals surface area (Å²) in [5.74, 6) is 0.351. The van der Waals surface area contributed by atoms with E-state index in [1.807, 2.05) is 0 Å². The Labute approximate surface area is 101 Å². The first-order chi connectivity index (χ1) is 7.81. The minimum Gasteiger partial charge on any atom is -0.393 e. The van der Waals surface area contributed by atoms with Gasteiger partial charge in [0.05, 0.1) is 12.2 Å². The zero-order valence-electron chi connectivity index (χ0n) is 9.76. The second-order valence-corrected chi connectivity index (χ2v) is 5.29. The molecule has 1 fully saturated rings. The van der Waals surface area contributed by atoms with Gasteiger partial charge in [0.1, 0.15) is 0 Å². The third-order valence-corrected chi connectivity index (χ3v) is 4.20. The molecule has 1 aliphatic rings. The quantitative estimate of drug-likeness (QED) is 0.857. The maximum absolute atomic E-state index is 10.2. The summed E-state index contributed by atoms with van der Waals surface area (Å²) in [5, 5.41) is 14.4. The van der Waals surface area contributed by atoms with Crippen molar-refractivity contribution in [3.63, 3.8) is 0 Å². The second kappa shape index (κ2) is 5.80. The van der Waals surface area contributed by atoms with Crippen molar-refractivity contribution < 1.29 is 9.84 Å². The van der Waals surface area contributed by atoms with E-state index in [2.05, 4.69) is 23.8 Å². The topological polar surface area (TPSA) is 29.5 Å². The standard InChI is InChI=1S/C13H20O2S/c1-2-13-11(5-7-15-13)12(14)4-3-10-6-8-16-9-10/h6,8-9,11-14H,2-5,7H2,1H3. The van der Waals surface area contributed by atoms with Crippen LogP contribution in [0.4, 0.5) is 0 Å². The van der Waals surface area contributed by atoms with Crippen molar-refractivity contribution in [2.45, 2.75) is 44.8 Å². The lowest BCUT2D eigenvalue weighted by molar-refractivity contribution is 0.0280. The lowest BCUT2D eigenvalue weighted by Gasteiger charge is -2.22. The van der Waals surface area contributed by atoms with Gasteiger partial charge in [-0.05, 0) is 48.1 Å². The smallest absolute Gasteiger partial charge is 0.0626 e. The van der Waals surface area contributed by atoms with E-state index in [-0.39, 0.29) is 12.2 Å². The molecule has 0 aliphatic carbocycles. The third kappa shape index (κ3) is 2.84. The van der Waals surface area contributed by atoms with Crippen molar-refractivity contribution >= 4 is 11.3 Å². The maximum Gasteiger partial charge on any atom is 0.0626 e. The van der Waals surface area contributed by atoms with Gasteiger partial charge in [0.15, 0.2) is 0 Å². The molecule has 0 amide bonds. The molecular weight excluding hydrogens is 220 g/mol. The summed E-state index contributed by atoms with van der Waals surface area (Å²) in [7, 11) is 0. The van der Waals surface area contributed by atoms with Crippen LogP contribution in [0.3, 0.4) is 0 Å². The van der Waals surface area contributed by atoms with E-state index in [1.165, 1.54) is 5.56 Å². The number of aliphatic hydroxyl groups excluding tert-OH is 1. The van der Waals surface area contributed by atoms with Gasteiger partial charge in [-0.25, -0.2) is 0 Å². The Kier molecular flexibility index (Phi) is 4.38. The van der Waals surface area contributed by atoms with Crippen LogP contribution in [0.15, 0.2) is 16.8 Å². The lowest BCUT2D eigenvalue weighted by atomic mass is 9.90. The average molecular weight is 240 g/mol.